The zero-order valence-corrected chi connectivity index (χ0v) is 11.4. The van der Waals surface area contributed by atoms with Gasteiger partial charge in [-0.1, -0.05) is 26.7 Å². The highest BCUT2D eigenvalue weighted by atomic mass is 17.4. The minimum atomic E-state index is -0.649. The van der Waals surface area contributed by atoms with Crippen molar-refractivity contribution < 1.29 is 19.6 Å². The van der Waals surface area contributed by atoms with Gasteiger partial charge in [0.1, 0.15) is 0 Å². The van der Waals surface area contributed by atoms with Crippen LogP contribution in [0.15, 0.2) is 0 Å². The van der Waals surface area contributed by atoms with Gasteiger partial charge in [0, 0.05) is 25.7 Å². The number of rotatable bonds is 0. The van der Waals surface area contributed by atoms with Gasteiger partial charge in [0.05, 0.1) is 0 Å². The maximum atomic E-state index is 5.67. The van der Waals surface area contributed by atoms with Crippen LogP contribution in [-0.2, 0) is 19.6 Å². The molecule has 18 heavy (non-hydrogen) atoms. The Hall–Kier alpha value is -0.160. The third-order valence-corrected chi connectivity index (χ3v) is 4.52. The highest BCUT2D eigenvalue weighted by Gasteiger charge is 2.51. The molecule has 0 bridgehead atoms. The Morgan fingerprint density at radius 1 is 0.722 bits per heavy atom. The molecule has 2 saturated carbocycles. The Morgan fingerprint density at radius 2 is 1.11 bits per heavy atom. The average Bonchev–Trinajstić information content (AvgIpc) is 2.34. The van der Waals surface area contributed by atoms with E-state index < -0.39 is 11.6 Å². The summed E-state index contributed by atoms with van der Waals surface area (Å²) in [5.41, 5.74) is 0. The molecule has 0 aromatic heterocycles. The summed E-state index contributed by atoms with van der Waals surface area (Å²) in [6.07, 6.45) is 8.13. The van der Waals surface area contributed by atoms with Crippen LogP contribution < -0.4 is 0 Å². The third kappa shape index (κ3) is 2.44. The minimum absolute atomic E-state index is 0.602. The summed E-state index contributed by atoms with van der Waals surface area (Å²) >= 11 is 0. The first kappa shape index (κ1) is 12.9. The first-order valence-corrected chi connectivity index (χ1v) is 7.35. The Balaban J connectivity index is 1.63. The summed E-state index contributed by atoms with van der Waals surface area (Å²) in [6.45, 7) is 4.45. The molecule has 4 heteroatoms. The second-order valence-corrected chi connectivity index (χ2v) is 6.56. The first-order valence-electron chi connectivity index (χ1n) is 7.35. The number of hydrogen-bond donors (Lipinski definition) is 0. The third-order valence-electron chi connectivity index (χ3n) is 4.52. The second-order valence-electron chi connectivity index (χ2n) is 6.56. The molecular formula is C14H24O4. The van der Waals surface area contributed by atoms with Crippen LogP contribution in [0.4, 0.5) is 0 Å². The lowest BCUT2D eigenvalue weighted by Crippen LogP contribution is -2.53. The van der Waals surface area contributed by atoms with Gasteiger partial charge in [0.25, 0.3) is 0 Å². The molecule has 3 fully saturated rings. The molecule has 2 atom stereocenters. The standard InChI is InChI=1S/C14H24O4/c1-11-5-3-7-13(9-11)15-17-14(18-16-13)8-4-6-12(2)10-14/h11-12H,3-10H2,1-2H3/t11-,12-,13?,14?/m1/s1. The van der Waals surface area contributed by atoms with Gasteiger partial charge in [0.15, 0.2) is 0 Å². The van der Waals surface area contributed by atoms with Crippen LogP contribution in [-0.4, -0.2) is 11.6 Å². The normalized spacial score (nSPS) is 49.7. The fourth-order valence-corrected chi connectivity index (χ4v) is 3.54. The van der Waals surface area contributed by atoms with Crippen molar-refractivity contribution in [2.75, 3.05) is 0 Å². The van der Waals surface area contributed by atoms with Gasteiger partial charge in [-0.2, -0.15) is 19.6 Å². The molecule has 2 spiro atoms. The smallest absolute Gasteiger partial charge is 0.195 e. The molecular weight excluding hydrogens is 232 g/mol. The van der Waals surface area contributed by atoms with E-state index in [0.717, 1.165) is 38.5 Å². The fraction of sp³-hybridized carbons (Fsp3) is 1.00. The van der Waals surface area contributed by atoms with Crippen LogP contribution in [0.25, 0.3) is 0 Å². The van der Waals surface area contributed by atoms with E-state index in [9.17, 15) is 0 Å². The largest absolute Gasteiger partial charge is 0.234 e. The summed E-state index contributed by atoms with van der Waals surface area (Å²) in [7, 11) is 0. The maximum absolute atomic E-state index is 5.67. The Morgan fingerprint density at radius 3 is 1.44 bits per heavy atom. The molecule has 0 radical (unpaired) electrons. The molecule has 1 aliphatic heterocycles. The van der Waals surface area contributed by atoms with E-state index in [1.165, 1.54) is 12.8 Å². The van der Waals surface area contributed by atoms with Crippen LogP contribution in [0.3, 0.4) is 0 Å². The van der Waals surface area contributed by atoms with Gasteiger partial charge in [0.2, 0.25) is 11.6 Å². The Kier molecular flexibility index (Phi) is 3.39. The van der Waals surface area contributed by atoms with E-state index in [4.69, 9.17) is 19.6 Å². The highest BCUT2D eigenvalue weighted by molar-refractivity contribution is 4.82. The summed E-state index contributed by atoms with van der Waals surface area (Å²) in [4.78, 5) is 22.7. The van der Waals surface area contributed by atoms with E-state index in [-0.39, 0.29) is 0 Å². The molecule has 0 unspecified atom stereocenters. The fourth-order valence-electron chi connectivity index (χ4n) is 3.54. The van der Waals surface area contributed by atoms with Gasteiger partial charge < -0.3 is 0 Å². The lowest BCUT2D eigenvalue weighted by Gasteiger charge is -2.47. The average molecular weight is 256 g/mol. The van der Waals surface area contributed by atoms with Crippen molar-refractivity contribution >= 4 is 0 Å². The van der Waals surface area contributed by atoms with Crippen LogP contribution in [0.2, 0.25) is 0 Å². The van der Waals surface area contributed by atoms with Crippen LogP contribution in [0.1, 0.15) is 65.2 Å². The summed E-state index contributed by atoms with van der Waals surface area (Å²) in [6, 6.07) is 0. The van der Waals surface area contributed by atoms with E-state index in [1.807, 2.05) is 0 Å². The lowest BCUT2D eigenvalue weighted by molar-refractivity contribution is -0.664. The van der Waals surface area contributed by atoms with Crippen molar-refractivity contribution in [3.63, 3.8) is 0 Å². The maximum Gasteiger partial charge on any atom is 0.234 e. The van der Waals surface area contributed by atoms with Gasteiger partial charge in [-0.15, -0.1) is 0 Å². The van der Waals surface area contributed by atoms with Gasteiger partial charge in [-0.3, -0.25) is 0 Å². The van der Waals surface area contributed by atoms with Gasteiger partial charge >= 0.3 is 0 Å². The van der Waals surface area contributed by atoms with E-state index >= 15 is 0 Å². The molecule has 3 aliphatic rings. The molecule has 2 aliphatic carbocycles. The second kappa shape index (κ2) is 4.75. The Labute approximate surface area is 109 Å². The molecule has 104 valence electrons. The van der Waals surface area contributed by atoms with Crippen LogP contribution in [0, 0.1) is 11.8 Å². The van der Waals surface area contributed by atoms with Crippen molar-refractivity contribution in [2.24, 2.45) is 11.8 Å². The SMILES string of the molecule is C[C@@H]1CCCC2(C1)OOC1(CCC[C@@H](C)C1)OO2. The Bertz CT molecular complexity index is 266. The number of hydrogen-bond acceptors (Lipinski definition) is 4. The summed E-state index contributed by atoms with van der Waals surface area (Å²) in [5, 5.41) is 0. The van der Waals surface area contributed by atoms with Gasteiger partial charge in [-0.25, -0.2) is 0 Å². The molecule has 0 aromatic rings. The van der Waals surface area contributed by atoms with E-state index in [2.05, 4.69) is 13.8 Å². The van der Waals surface area contributed by atoms with Gasteiger partial charge in [-0.05, 0) is 24.7 Å². The van der Waals surface area contributed by atoms with E-state index in [1.54, 1.807) is 0 Å². The van der Waals surface area contributed by atoms with Crippen LogP contribution in [0.5, 0.6) is 0 Å². The molecule has 1 saturated heterocycles. The molecule has 0 amide bonds. The minimum Gasteiger partial charge on any atom is -0.195 e. The lowest BCUT2D eigenvalue weighted by atomic mass is 9.85. The van der Waals surface area contributed by atoms with Crippen molar-refractivity contribution in [3.8, 4) is 0 Å². The predicted molar refractivity (Wildman–Crippen MR) is 65.1 cm³/mol. The molecule has 3 rings (SSSR count). The van der Waals surface area contributed by atoms with Crippen molar-refractivity contribution in [1.82, 2.24) is 0 Å². The molecule has 0 N–H and O–H groups in total. The molecule has 1 heterocycles. The molecule has 4 nitrogen and oxygen atoms in total. The predicted octanol–water partition coefficient (Wildman–Crippen LogP) is 3.71. The first-order chi connectivity index (χ1) is 8.62. The van der Waals surface area contributed by atoms with Crippen LogP contribution >= 0.6 is 0 Å². The monoisotopic (exact) mass is 256 g/mol. The topological polar surface area (TPSA) is 36.9 Å². The molecule has 0 aromatic carbocycles. The highest BCUT2D eigenvalue weighted by Crippen LogP contribution is 2.46. The van der Waals surface area contributed by atoms with Crippen molar-refractivity contribution in [2.45, 2.75) is 76.8 Å². The summed E-state index contributed by atoms with van der Waals surface area (Å²) < 4.78 is 0. The van der Waals surface area contributed by atoms with E-state index in [0.29, 0.717) is 11.8 Å². The zero-order valence-electron chi connectivity index (χ0n) is 11.4. The zero-order chi connectivity index (χ0) is 12.6. The van der Waals surface area contributed by atoms with Crippen molar-refractivity contribution in [3.05, 3.63) is 0 Å². The summed E-state index contributed by atoms with van der Waals surface area (Å²) in [5.74, 6) is -0.0942. The quantitative estimate of drug-likeness (QED) is 0.619. The van der Waals surface area contributed by atoms with Crippen molar-refractivity contribution in [1.29, 1.82) is 0 Å².